The van der Waals surface area contributed by atoms with Gasteiger partial charge in [0, 0.05) is 17.8 Å². The maximum atomic E-state index is 13.4. The van der Waals surface area contributed by atoms with Crippen molar-refractivity contribution in [1.82, 2.24) is 0 Å². The van der Waals surface area contributed by atoms with E-state index in [2.05, 4.69) is 0 Å². The number of para-hydroxylation sites is 1. The SMILES string of the molecule is COC(=O)C1=C(C)N(c2ccc(OC)c(OC)c2)C(=O)/C1=C\c1ccccc1[N+](=O)[O-]. The second-order valence-corrected chi connectivity index (χ2v) is 6.51. The highest BCUT2D eigenvalue weighted by Crippen LogP contribution is 2.39. The Bertz CT molecular complexity index is 1130. The minimum Gasteiger partial charge on any atom is -0.493 e. The molecule has 160 valence electrons. The van der Waals surface area contributed by atoms with Crippen molar-refractivity contribution in [2.45, 2.75) is 6.92 Å². The van der Waals surface area contributed by atoms with Crippen LogP contribution in [0.25, 0.3) is 6.08 Å². The van der Waals surface area contributed by atoms with Gasteiger partial charge in [-0.2, -0.15) is 0 Å². The summed E-state index contributed by atoms with van der Waals surface area (Å²) >= 11 is 0. The van der Waals surface area contributed by atoms with E-state index in [-0.39, 0.29) is 22.4 Å². The summed E-state index contributed by atoms with van der Waals surface area (Å²) in [5.74, 6) is -0.373. The molecule has 0 radical (unpaired) electrons. The van der Waals surface area contributed by atoms with Crippen LogP contribution in [0, 0.1) is 10.1 Å². The van der Waals surface area contributed by atoms with Gasteiger partial charge in [0.2, 0.25) is 0 Å². The van der Waals surface area contributed by atoms with Gasteiger partial charge in [-0.05, 0) is 31.2 Å². The van der Waals surface area contributed by atoms with Crippen molar-refractivity contribution in [1.29, 1.82) is 0 Å². The molecular formula is C22H20N2O7. The number of allylic oxidation sites excluding steroid dienone is 1. The smallest absolute Gasteiger partial charge is 0.340 e. The molecule has 9 heteroatoms. The highest BCUT2D eigenvalue weighted by atomic mass is 16.6. The number of carbonyl (C=O) groups is 2. The second kappa shape index (κ2) is 8.70. The molecule has 1 aliphatic rings. The van der Waals surface area contributed by atoms with E-state index in [1.807, 2.05) is 0 Å². The average Bonchev–Trinajstić information content (AvgIpc) is 3.02. The number of rotatable bonds is 6. The molecule has 0 spiro atoms. The van der Waals surface area contributed by atoms with Crippen LogP contribution in [0.15, 0.2) is 59.3 Å². The number of nitro groups is 1. The predicted molar refractivity (Wildman–Crippen MR) is 113 cm³/mol. The number of esters is 1. The van der Waals surface area contributed by atoms with Gasteiger partial charge in [0.1, 0.15) is 0 Å². The molecule has 0 aliphatic carbocycles. The summed E-state index contributed by atoms with van der Waals surface area (Å²) in [5, 5.41) is 11.4. The van der Waals surface area contributed by atoms with Gasteiger partial charge in [-0.25, -0.2) is 4.79 Å². The molecule has 2 aromatic rings. The van der Waals surface area contributed by atoms with Crippen molar-refractivity contribution in [2.24, 2.45) is 0 Å². The molecule has 0 atom stereocenters. The van der Waals surface area contributed by atoms with Crippen molar-refractivity contribution in [3.05, 3.63) is 75.0 Å². The lowest BCUT2D eigenvalue weighted by Crippen LogP contribution is -2.24. The molecule has 0 unspecified atom stereocenters. The maximum absolute atomic E-state index is 13.4. The Morgan fingerprint density at radius 3 is 2.35 bits per heavy atom. The zero-order valence-corrected chi connectivity index (χ0v) is 17.4. The van der Waals surface area contributed by atoms with Gasteiger partial charge < -0.3 is 14.2 Å². The molecule has 31 heavy (non-hydrogen) atoms. The quantitative estimate of drug-likeness (QED) is 0.302. The standard InChI is InChI=1S/C22H20N2O7/c1-13-20(22(26)31-4)16(11-14-7-5-6-8-17(14)24(27)28)21(25)23(13)15-9-10-18(29-2)19(12-15)30-3/h5-12H,1-4H3/b16-11-. The molecule has 0 bridgehead atoms. The van der Waals surface area contributed by atoms with Crippen molar-refractivity contribution < 1.29 is 28.7 Å². The zero-order chi connectivity index (χ0) is 22.7. The van der Waals surface area contributed by atoms with E-state index < -0.39 is 16.8 Å². The molecule has 0 fully saturated rings. The summed E-state index contributed by atoms with van der Waals surface area (Å²) in [5.41, 5.74) is 0.795. The molecule has 9 nitrogen and oxygen atoms in total. The van der Waals surface area contributed by atoms with E-state index in [1.165, 1.54) is 50.5 Å². The molecule has 2 aromatic carbocycles. The molecule has 0 N–H and O–H groups in total. The fraction of sp³-hybridized carbons (Fsp3) is 0.182. The molecular weight excluding hydrogens is 404 g/mol. The number of nitrogens with zero attached hydrogens (tertiary/aromatic N) is 2. The third kappa shape index (κ3) is 3.85. The van der Waals surface area contributed by atoms with Crippen LogP contribution in [0.5, 0.6) is 11.5 Å². The Morgan fingerprint density at radius 1 is 1.06 bits per heavy atom. The van der Waals surface area contributed by atoms with Crippen LogP contribution in [0.3, 0.4) is 0 Å². The van der Waals surface area contributed by atoms with Gasteiger partial charge in [0.05, 0.1) is 48.6 Å². The number of benzene rings is 2. The van der Waals surface area contributed by atoms with Gasteiger partial charge in [-0.1, -0.05) is 12.1 Å². The number of ether oxygens (including phenoxy) is 3. The second-order valence-electron chi connectivity index (χ2n) is 6.51. The topological polar surface area (TPSA) is 108 Å². The van der Waals surface area contributed by atoms with Crippen molar-refractivity contribution in [2.75, 3.05) is 26.2 Å². The fourth-order valence-corrected chi connectivity index (χ4v) is 3.39. The first-order valence-corrected chi connectivity index (χ1v) is 9.15. The minimum absolute atomic E-state index is 0.00608. The Labute approximate surface area is 178 Å². The molecule has 0 aromatic heterocycles. The lowest BCUT2D eigenvalue weighted by molar-refractivity contribution is -0.385. The highest BCUT2D eigenvalue weighted by Gasteiger charge is 2.38. The molecule has 1 amide bonds. The summed E-state index contributed by atoms with van der Waals surface area (Å²) in [6.45, 7) is 1.60. The number of hydrogen-bond acceptors (Lipinski definition) is 7. The van der Waals surface area contributed by atoms with Crippen molar-refractivity contribution >= 4 is 29.3 Å². The van der Waals surface area contributed by atoms with Gasteiger partial charge in [-0.15, -0.1) is 0 Å². The van der Waals surface area contributed by atoms with E-state index in [0.29, 0.717) is 22.9 Å². The Kier molecular flexibility index (Phi) is 6.05. The molecule has 3 rings (SSSR count). The van der Waals surface area contributed by atoms with Crippen molar-refractivity contribution in [3.8, 4) is 11.5 Å². The van der Waals surface area contributed by atoms with E-state index in [9.17, 15) is 19.7 Å². The van der Waals surface area contributed by atoms with Gasteiger partial charge >= 0.3 is 5.97 Å². The van der Waals surface area contributed by atoms with Crippen LogP contribution in [0.1, 0.15) is 12.5 Å². The third-order valence-electron chi connectivity index (χ3n) is 4.85. The minimum atomic E-state index is -0.723. The van der Waals surface area contributed by atoms with Crippen LogP contribution in [0.4, 0.5) is 11.4 Å². The largest absolute Gasteiger partial charge is 0.493 e. The summed E-state index contributed by atoms with van der Waals surface area (Å²) < 4.78 is 15.4. The van der Waals surface area contributed by atoms with Crippen LogP contribution < -0.4 is 14.4 Å². The van der Waals surface area contributed by atoms with Gasteiger partial charge in [-0.3, -0.25) is 19.8 Å². The third-order valence-corrected chi connectivity index (χ3v) is 4.85. The number of methoxy groups -OCH3 is 3. The molecule has 0 saturated heterocycles. The molecule has 1 aliphatic heterocycles. The Morgan fingerprint density at radius 2 is 1.74 bits per heavy atom. The first kappa shape index (κ1) is 21.6. The molecule has 1 heterocycles. The summed E-state index contributed by atoms with van der Waals surface area (Å²) in [4.78, 5) is 38.0. The van der Waals surface area contributed by atoms with Gasteiger partial charge in [0.15, 0.2) is 11.5 Å². The van der Waals surface area contributed by atoms with E-state index in [4.69, 9.17) is 14.2 Å². The summed E-state index contributed by atoms with van der Waals surface area (Å²) in [6, 6.07) is 10.8. The van der Waals surface area contributed by atoms with Crippen LogP contribution in [0.2, 0.25) is 0 Å². The fourth-order valence-electron chi connectivity index (χ4n) is 3.39. The van der Waals surface area contributed by atoms with Crippen LogP contribution >= 0.6 is 0 Å². The number of carbonyl (C=O) groups excluding carboxylic acids is 2. The normalized spacial score (nSPS) is 14.8. The number of amides is 1. The van der Waals surface area contributed by atoms with E-state index in [1.54, 1.807) is 31.2 Å². The number of hydrogen-bond donors (Lipinski definition) is 0. The van der Waals surface area contributed by atoms with Crippen LogP contribution in [-0.4, -0.2) is 38.1 Å². The summed E-state index contributed by atoms with van der Waals surface area (Å²) in [6.07, 6.45) is 1.33. The van der Waals surface area contributed by atoms with Gasteiger partial charge in [0.25, 0.3) is 11.6 Å². The first-order chi connectivity index (χ1) is 14.8. The van der Waals surface area contributed by atoms with Crippen molar-refractivity contribution in [3.63, 3.8) is 0 Å². The lowest BCUT2D eigenvalue weighted by Gasteiger charge is -2.19. The number of anilines is 1. The number of nitro benzene ring substituents is 1. The predicted octanol–water partition coefficient (Wildman–Crippen LogP) is 3.49. The monoisotopic (exact) mass is 424 g/mol. The molecule has 0 saturated carbocycles. The maximum Gasteiger partial charge on any atom is 0.340 e. The Hall–Kier alpha value is -4.14. The Balaban J connectivity index is 2.19. The zero-order valence-electron chi connectivity index (χ0n) is 17.4. The average molecular weight is 424 g/mol. The van der Waals surface area contributed by atoms with Crippen LogP contribution in [-0.2, 0) is 14.3 Å². The van der Waals surface area contributed by atoms with E-state index >= 15 is 0 Å². The first-order valence-electron chi connectivity index (χ1n) is 9.15. The lowest BCUT2D eigenvalue weighted by atomic mass is 10.0. The highest BCUT2D eigenvalue weighted by molar-refractivity contribution is 6.24. The van der Waals surface area contributed by atoms with E-state index in [0.717, 1.165) is 0 Å². The summed E-state index contributed by atoms with van der Waals surface area (Å²) in [7, 11) is 4.16.